The zero-order valence-corrected chi connectivity index (χ0v) is 12.0. The van der Waals surface area contributed by atoms with Gasteiger partial charge in [-0.2, -0.15) is 13.2 Å². The Morgan fingerprint density at radius 3 is 2.71 bits per heavy atom. The Morgan fingerprint density at radius 1 is 1.38 bits per heavy atom. The van der Waals surface area contributed by atoms with Gasteiger partial charge in [0.15, 0.2) is 0 Å². The van der Waals surface area contributed by atoms with Gasteiger partial charge in [0.25, 0.3) is 5.91 Å². The van der Waals surface area contributed by atoms with Crippen LogP contribution in [0, 0.1) is 0 Å². The number of nitrogens with zero attached hydrogens (tertiary/aromatic N) is 1. The molecule has 1 fully saturated rings. The Kier molecular flexibility index (Phi) is 4.08. The molecule has 1 aromatic carbocycles. The number of carbonyl (C=O) groups excluding carboxylic acids is 1. The summed E-state index contributed by atoms with van der Waals surface area (Å²) in [5.74, 6) is -0.419. The molecule has 0 saturated carbocycles. The number of methoxy groups -OCH3 is 1. The lowest BCUT2D eigenvalue weighted by atomic mass is 9.98. The third kappa shape index (κ3) is 2.44. The molecule has 1 aromatic rings. The van der Waals surface area contributed by atoms with Crippen molar-refractivity contribution in [3.05, 3.63) is 28.8 Å². The summed E-state index contributed by atoms with van der Waals surface area (Å²) in [6.45, 7) is 1.47. The molecular formula is C13H14ClF3N2O2. The molecular weight excluding hydrogens is 309 g/mol. The highest BCUT2D eigenvalue weighted by Crippen LogP contribution is 2.44. The van der Waals surface area contributed by atoms with Crippen molar-refractivity contribution in [2.75, 3.05) is 26.7 Å². The number of piperazine rings is 1. The highest BCUT2D eigenvalue weighted by atomic mass is 35.5. The molecule has 21 heavy (non-hydrogen) atoms. The van der Waals surface area contributed by atoms with E-state index in [0.717, 1.165) is 6.07 Å². The molecule has 0 aromatic heterocycles. The van der Waals surface area contributed by atoms with Gasteiger partial charge in [-0.25, -0.2) is 0 Å². The fraction of sp³-hybridized carbons (Fsp3) is 0.462. The normalized spacial score (nSPS) is 20.7. The Morgan fingerprint density at radius 2 is 2.10 bits per heavy atom. The summed E-state index contributed by atoms with van der Waals surface area (Å²) in [7, 11) is 1.32. The van der Waals surface area contributed by atoms with Crippen LogP contribution in [0.4, 0.5) is 13.2 Å². The van der Waals surface area contributed by atoms with Crippen LogP contribution in [-0.2, 0) is 6.18 Å². The average Bonchev–Trinajstić information content (AvgIpc) is 2.71. The van der Waals surface area contributed by atoms with Crippen LogP contribution in [0.3, 0.4) is 0 Å². The van der Waals surface area contributed by atoms with Crippen molar-refractivity contribution in [1.29, 1.82) is 0 Å². The standard InChI is InChI=1S/C13H13F3N2O2.ClH/c1-20-7-4-8-10-6-17-2-3-18(10)12(19)11(8)9(5-7)13(14,15)16;/h4-5,10,17H,2-3,6H2,1H3;1H/t10-;/m0./s1. The van der Waals surface area contributed by atoms with Crippen LogP contribution in [0.25, 0.3) is 0 Å². The number of benzene rings is 1. The first kappa shape index (κ1) is 15.9. The first-order chi connectivity index (χ1) is 9.43. The molecule has 1 atom stereocenters. The van der Waals surface area contributed by atoms with Crippen molar-refractivity contribution in [3.63, 3.8) is 0 Å². The van der Waals surface area contributed by atoms with Crippen LogP contribution < -0.4 is 10.1 Å². The van der Waals surface area contributed by atoms with Gasteiger partial charge in [-0.05, 0) is 17.7 Å². The SMILES string of the molecule is COc1cc2c(c(C(F)(F)F)c1)C(=O)N1CCNC[C@@H]21.Cl. The predicted octanol–water partition coefficient (Wildman–Crippen LogP) is 2.24. The zero-order valence-electron chi connectivity index (χ0n) is 11.2. The van der Waals surface area contributed by atoms with Crippen molar-refractivity contribution in [1.82, 2.24) is 10.2 Å². The molecule has 0 unspecified atom stereocenters. The van der Waals surface area contributed by atoms with E-state index in [2.05, 4.69) is 5.32 Å². The Bertz CT molecular complexity index is 577. The van der Waals surface area contributed by atoms with E-state index in [4.69, 9.17) is 4.74 Å². The number of nitrogens with one attached hydrogen (secondary N) is 1. The third-order valence-corrected chi connectivity index (χ3v) is 3.76. The van der Waals surface area contributed by atoms with Gasteiger partial charge >= 0.3 is 6.18 Å². The molecule has 4 nitrogen and oxygen atoms in total. The number of rotatable bonds is 1. The summed E-state index contributed by atoms with van der Waals surface area (Å²) in [5, 5.41) is 3.10. The predicted molar refractivity (Wildman–Crippen MR) is 71.9 cm³/mol. The van der Waals surface area contributed by atoms with E-state index in [1.54, 1.807) is 0 Å². The van der Waals surface area contributed by atoms with E-state index in [9.17, 15) is 18.0 Å². The minimum atomic E-state index is -4.57. The van der Waals surface area contributed by atoms with E-state index < -0.39 is 17.6 Å². The van der Waals surface area contributed by atoms with Gasteiger partial charge in [-0.15, -0.1) is 12.4 Å². The number of hydrogen-bond acceptors (Lipinski definition) is 3. The van der Waals surface area contributed by atoms with Gasteiger partial charge in [-0.1, -0.05) is 0 Å². The van der Waals surface area contributed by atoms with E-state index >= 15 is 0 Å². The van der Waals surface area contributed by atoms with Crippen molar-refractivity contribution in [3.8, 4) is 5.75 Å². The number of hydrogen-bond donors (Lipinski definition) is 1. The summed E-state index contributed by atoms with van der Waals surface area (Å²) >= 11 is 0. The molecule has 1 amide bonds. The fourth-order valence-corrected chi connectivity index (χ4v) is 2.85. The quantitative estimate of drug-likeness (QED) is 0.862. The maximum Gasteiger partial charge on any atom is 0.417 e. The lowest BCUT2D eigenvalue weighted by molar-refractivity contribution is -0.138. The van der Waals surface area contributed by atoms with Gasteiger partial charge in [-0.3, -0.25) is 4.79 Å². The number of ether oxygens (including phenoxy) is 1. The summed E-state index contributed by atoms with van der Waals surface area (Å²) in [6.07, 6.45) is -4.57. The average molecular weight is 323 g/mol. The molecule has 1 saturated heterocycles. The molecule has 0 aliphatic carbocycles. The first-order valence-corrected chi connectivity index (χ1v) is 6.24. The molecule has 2 heterocycles. The number of halogens is 4. The minimum Gasteiger partial charge on any atom is -0.497 e. The monoisotopic (exact) mass is 322 g/mol. The molecule has 8 heteroatoms. The summed E-state index contributed by atoms with van der Waals surface area (Å²) in [4.78, 5) is 13.8. The van der Waals surface area contributed by atoms with Crippen LogP contribution in [0.2, 0.25) is 0 Å². The second-order valence-electron chi connectivity index (χ2n) is 4.86. The van der Waals surface area contributed by atoms with Gasteiger partial charge in [0.05, 0.1) is 24.3 Å². The topological polar surface area (TPSA) is 41.6 Å². The highest BCUT2D eigenvalue weighted by Gasteiger charge is 2.45. The van der Waals surface area contributed by atoms with Gasteiger partial charge in [0.2, 0.25) is 0 Å². The third-order valence-electron chi connectivity index (χ3n) is 3.76. The number of fused-ring (bicyclic) bond motifs is 3. The Hall–Kier alpha value is -1.47. The molecule has 2 aliphatic heterocycles. The van der Waals surface area contributed by atoms with Gasteiger partial charge < -0.3 is 15.0 Å². The van der Waals surface area contributed by atoms with Crippen molar-refractivity contribution >= 4 is 18.3 Å². The Labute approximate surface area is 125 Å². The first-order valence-electron chi connectivity index (χ1n) is 6.24. The smallest absolute Gasteiger partial charge is 0.417 e. The second-order valence-corrected chi connectivity index (χ2v) is 4.86. The summed E-state index contributed by atoms with van der Waals surface area (Å²) < 4.78 is 44.4. The second kappa shape index (κ2) is 5.38. The van der Waals surface area contributed by atoms with Crippen LogP contribution in [0.1, 0.15) is 27.5 Å². The molecule has 1 N–H and O–H groups in total. The molecule has 0 radical (unpaired) electrons. The minimum absolute atomic E-state index is 0. The molecule has 3 rings (SSSR count). The molecule has 0 spiro atoms. The van der Waals surface area contributed by atoms with Crippen LogP contribution in [-0.4, -0.2) is 37.6 Å². The molecule has 116 valence electrons. The largest absolute Gasteiger partial charge is 0.497 e. The molecule has 0 bridgehead atoms. The lowest BCUT2D eigenvalue weighted by Crippen LogP contribution is -2.44. The molecule has 2 aliphatic rings. The summed E-state index contributed by atoms with van der Waals surface area (Å²) in [6, 6.07) is 2.07. The number of carbonyl (C=O) groups is 1. The fourth-order valence-electron chi connectivity index (χ4n) is 2.85. The Balaban J connectivity index is 0.00000161. The van der Waals surface area contributed by atoms with E-state index in [-0.39, 0.29) is 29.8 Å². The van der Waals surface area contributed by atoms with Crippen molar-refractivity contribution < 1.29 is 22.7 Å². The van der Waals surface area contributed by atoms with E-state index in [1.807, 2.05) is 0 Å². The summed E-state index contributed by atoms with van der Waals surface area (Å²) in [5.41, 5.74) is -0.743. The van der Waals surface area contributed by atoms with Crippen LogP contribution in [0.5, 0.6) is 5.75 Å². The highest BCUT2D eigenvalue weighted by molar-refractivity contribution is 6.01. The van der Waals surface area contributed by atoms with E-state index in [1.165, 1.54) is 18.1 Å². The number of alkyl halides is 3. The lowest BCUT2D eigenvalue weighted by Gasteiger charge is -2.30. The van der Waals surface area contributed by atoms with Crippen molar-refractivity contribution in [2.24, 2.45) is 0 Å². The van der Waals surface area contributed by atoms with Gasteiger partial charge in [0.1, 0.15) is 5.75 Å². The van der Waals surface area contributed by atoms with Crippen LogP contribution >= 0.6 is 12.4 Å². The maximum atomic E-state index is 13.2. The zero-order chi connectivity index (χ0) is 14.5. The van der Waals surface area contributed by atoms with E-state index in [0.29, 0.717) is 25.2 Å². The maximum absolute atomic E-state index is 13.2. The van der Waals surface area contributed by atoms with Gasteiger partial charge in [0, 0.05) is 19.6 Å². The van der Waals surface area contributed by atoms with Crippen LogP contribution in [0.15, 0.2) is 12.1 Å². The number of amides is 1. The van der Waals surface area contributed by atoms with Crippen molar-refractivity contribution in [2.45, 2.75) is 12.2 Å².